The van der Waals surface area contributed by atoms with Gasteiger partial charge >= 0.3 is 0 Å². The first-order chi connectivity index (χ1) is 9.17. The smallest absolute Gasteiger partial charge is 0.246 e. The molecule has 5 nitrogen and oxygen atoms in total. The van der Waals surface area contributed by atoms with E-state index in [1.54, 1.807) is 6.92 Å². The number of aryl methyl sites for hydroxylation is 1. The minimum atomic E-state index is 0.346. The van der Waals surface area contributed by atoms with Gasteiger partial charge in [-0.1, -0.05) is 5.16 Å². The number of imidazole rings is 1. The summed E-state index contributed by atoms with van der Waals surface area (Å²) in [6.45, 7) is 2.28. The van der Waals surface area contributed by atoms with Gasteiger partial charge in [-0.3, -0.25) is 0 Å². The maximum absolute atomic E-state index is 5.96. The van der Waals surface area contributed by atoms with E-state index >= 15 is 0 Å². The lowest BCUT2D eigenvalue weighted by atomic mass is 10.3. The van der Waals surface area contributed by atoms with Crippen molar-refractivity contribution >= 4 is 45.2 Å². The molecule has 2 heterocycles. The van der Waals surface area contributed by atoms with Gasteiger partial charge in [0.2, 0.25) is 5.89 Å². The molecule has 0 aliphatic carbocycles. The Labute approximate surface area is 128 Å². The lowest BCUT2D eigenvalue weighted by Crippen LogP contribution is -2.04. The summed E-state index contributed by atoms with van der Waals surface area (Å²) in [6.07, 6.45) is 0. The van der Waals surface area contributed by atoms with E-state index in [1.807, 2.05) is 22.8 Å². The fraction of sp³-hybridized carbons (Fsp3) is 0.250. The van der Waals surface area contributed by atoms with Gasteiger partial charge in [-0.25, -0.2) is 4.98 Å². The second-order valence-corrected chi connectivity index (χ2v) is 5.63. The van der Waals surface area contributed by atoms with Crippen LogP contribution in [0, 0.1) is 10.5 Å². The third-order valence-electron chi connectivity index (χ3n) is 2.77. The molecule has 7 heteroatoms. The Morgan fingerprint density at radius 1 is 1.37 bits per heavy atom. The molecule has 0 unspecified atom stereocenters. The summed E-state index contributed by atoms with van der Waals surface area (Å²) in [4.78, 5) is 8.75. The van der Waals surface area contributed by atoms with Crippen molar-refractivity contribution in [2.24, 2.45) is 0 Å². The normalized spacial score (nSPS) is 11.3. The third-order valence-corrected chi connectivity index (χ3v) is 3.68. The topological polar surface area (TPSA) is 56.7 Å². The molecule has 0 atom stereocenters. The average molecular weight is 389 g/mol. The van der Waals surface area contributed by atoms with Crippen molar-refractivity contribution in [3.05, 3.63) is 39.3 Å². The maximum Gasteiger partial charge on any atom is 0.246 e. The first-order valence-electron chi connectivity index (χ1n) is 5.67. The van der Waals surface area contributed by atoms with Crippen LogP contribution in [0.15, 0.2) is 22.7 Å². The lowest BCUT2D eigenvalue weighted by molar-refractivity contribution is 0.368. The molecule has 0 saturated carbocycles. The molecule has 19 heavy (non-hydrogen) atoms. The van der Waals surface area contributed by atoms with Crippen LogP contribution in [0.25, 0.3) is 11.0 Å². The Hall–Kier alpha value is -1.15. The fourth-order valence-electron chi connectivity index (χ4n) is 1.97. The molecule has 2 aromatic heterocycles. The summed E-state index contributed by atoms with van der Waals surface area (Å²) in [5, 5.41) is 3.79. The van der Waals surface area contributed by atoms with E-state index in [0.717, 1.165) is 20.4 Å². The monoisotopic (exact) mass is 388 g/mol. The third kappa shape index (κ3) is 2.46. The highest BCUT2D eigenvalue weighted by molar-refractivity contribution is 14.1. The zero-order valence-corrected chi connectivity index (χ0v) is 13.0. The molecular weight excluding hydrogens is 379 g/mol. The van der Waals surface area contributed by atoms with E-state index in [1.165, 1.54) is 0 Å². The minimum Gasteiger partial charge on any atom is -0.337 e. The molecule has 1 aromatic carbocycles. The number of alkyl halides is 1. The standard InChI is InChI=1S/C12H10ClIN4O/c1-7-15-12(19-17-7)6-18-10-3-2-8(14)4-9(10)16-11(18)5-13/h2-4H,5-6H2,1H3. The molecule has 0 N–H and O–H groups in total. The van der Waals surface area contributed by atoms with Gasteiger partial charge in [0.1, 0.15) is 12.4 Å². The molecule has 0 spiro atoms. The number of fused-ring (bicyclic) bond motifs is 1. The first-order valence-corrected chi connectivity index (χ1v) is 7.28. The highest BCUT2D eigenvalue weighted by Crippen LogP contribution is 2.21. The Balaban J connectivity index is 2.10. The number of hydrogen-bond acceptors (Lipinski definition) is 4. The van der Waals surface area contributed by atoms with E-state index in [0.29, 0.717) is 24.1 Å². The Bertz CT molecular complexity index is 736. The number of aromatic nitrogens is 4. The van der Waals surface area contributed by atoms with Crippen molar-refractivity contribution in [2.75, 3.05) is 0 Å². The van der Waals surface area contributed by atoms with Crippen LogP contribution in [0.3, 0.4) is 0 Å². The van der Waals surface area contributed by atoms with E-state index in [9.17, 15) is 0 Å². The van der Waals surface area contributed by atoms with Gasteiger partial charge in [-0.05, 0) is 47.7 Å². The van der Waals surface area contributed by atoms with Crippen molar-refractivity contribution in [2.45, 2.75) is 19.3 Å². The van der Waals surface area contributed by atoms with Crippen LogP contribution in [0.1, 0.15) is 17.5 Å². The van der Waals surface area contributed by atoms with Gasteiger partial charge in [0.05, 0.1) is 16.9 Å². The van der Waals surface area contributed by atoms with Gasteiger partial charge in [-0.15, -0.1) is 11.6 Å². The molecule has 0 aliphatic rings. The highest BCUT2D eigenvalue weighted by Gasteiger charge is 2.13. The van der Waals surface area contributed by atoms with Crippen LogP contribution in [0.4, 0.5) is 0 Å². The van der Waals surface area contributed by atoms with Crippen LogP contribution in [-0.2, 0) is 12.4 Å². The SMILES string of the molecule is Cc1noc(Cn2c(CCl)nc3cc(I)ccc32)n1. The number of halogens is 2. The van der Waals surface area contributed by atoms with Crippen molar-refractivity contribution in [1.29, 1.82) is 0 Å². The van der Waals surface area contributed by atoms with Gasteiger partial charge < -0.3 is 9.09 Å². The first kappa shape index (κ1) is 12.9. The molecule has 0 radical (unpaired) electrons. The number of hydrogen-bond donors (Lipinski definition) is 0. The van der Waals surface area contributed by atoms with Crippen molar-refractivity contribution in [3.8, 4) is 0 Å². The lowest BCUT2D eigenvalue weighted by Gasteiger charge is -2.03. The molecule has 0 bridgehead atoms. The largest absolute Gasteiger partial charge is 0.337 e. The van der Waals surface area contributed by atoms with E-state index < -0.39 is 0 Å². The second kappa shape index (κ2) is 5.09. The average Bonchev–Trinajstić information content (AvgIpc) is 2.94. The Kier molecular flexibility index (Phi) is 3.44. The van der Waals surface area contributed by atoms with Crippen LogP contribution in [0.2, 0.25) is 0 Å². The number of benzene rings is 1. The fourth-order valence-corrected chi connectivity index (χ4v) is 2.65. The molecule has 3 rings (SSSR count). The van der Waals surface area contributed by atoms with Crippen LogP contribution < -0.4 is 0 Å². The molecule has 0 aliphatic heterocycles. The summed E-state index contributed by atoms with van der Waals surface area (Å²) < 4.78 is 8.30. The molecule has 0 amide bonds. The van der Waals surface area contributed by atoms with Gasteiger partial charge in [0.15, 0.2) is 5.82 Å². The van der Waals surface area contributed by atoms with E-state index in [-0.39, 0.29) is 0 Å². The maximum atomic E-state index is 5.96. The molecule has 98 valence electrons. The molecule has 0 saturated heterocycles. The van der Waals surface area contributed by atoms with E-state index in [2.05, 4.69) is 37.7 Å². The summed E-state index contributed by atoms with van der Waals surface area (Å²) in [7, 11) is 0. The van der Waals surface area contributed by atoms with Crippen LogP contribution in [-0.4, -0.2) is 19.7 Å². The Morgan fingerprint density at radius 3 is 2.89 bits per heavy atom. The summed E-state index contributed by atoms with van der Waals surface area (Å²) in [5.74, 6) is 2.33. The van der Waals surface area contributed by atoms with Crippen LogP contribution >= 0.6 is 34.2 Å². The minimum absolute atomic E-state index is 0.346. The molecule has 3 aromatic rings. The van der Waals surface area contributed by atoms with E-state index in [4.69, 9.17) is 16.1 Å². The zero-order valence-electron chi connectivity index (χ0n) is 10.1. The summed E-state index contributed by atoms with van der Waals surface area (Å²) >= 11 is 8.23. The zero-order chi connectivity index (χ0) is 13.4. The van der Waals surface area contributed by atoms with Gasteiger partial charge in [0, 0.05) is 3.57 Å². The number of nitrogens with zero attached hydrogens (tertiary/aromatic N) is 4. The van der Waals surface area contributed by atoms with Crippen molar-refractivity contribution in [1.82, 2.24) is 19.7 Å². The predicted octanol–water partition coefficient (Wildman–Crippen LogP) is 3.12. The quantitative estimate of drug-likeness (QED) is 0.511. The second-order valence-electron chi connectivity index (χ2n) is 4.12. The molecular formula is C12H10ClIN4O. The summed E-state index contributed by atoms with van der Waals surface area (Å²) in [5.41, 5.74) is 1.95. The highest BCUT2D eigenvalue weighted by atomic mass is 127. The Morgan fingerprint density at radius 2 is 2.21 bits per heavy atom. The van der Waals surface area contributed by atoms with Crippen LogP contribution in [0.5, 0.6) is 0 Å². The van der Waals surface area contributed by atoms with Crippen molar-refractivity contribution < 1.29 is 4.52 Å². The van der Waals surface area contributed by atoms with Gasteiger partial charge in [0.25, 0.3) is 0 Å². The molecule has 0 fully saturated rings. The number of rotatable bonds is 3. The van der Waals surface area contributed by atoms with Crippen molar-refractivity contribution in [3.63, 3.8) is 0 Å². The van der Waals surface area contributed by atoms with Gasteiger partial charge in [-0.2, -0.15) is 4.98 Å². The summed E-state index contributed by atoms with van der Waals surface area (Å²) in [6, 6.07) is 6.10. The predicted molar refractivity (Wildman–Crippen MR) is 80.1 cm³/mol.